The van der Waals surface area contributed by atoms with Crippen molar-refractivity contribution in [1.82, 2.24) is 14.9 Å². The van der Waals surface area contributed by atoms with Crippen LogP contribution in [0.15, 0.2) is 18.2 Å². The summed E-state index contributed by atoms with van der Waals surface area (Å²) < 4.78 is 23.4. The van der Waals surface area contributed by atoms with Crippen LogP contribution in [0.3, 0.4) is 0 Å². The molecule has 2 saturated heterocycles. The van der Waals surface area contributed by atoms with Crippen LogP contribution in [0.25, 0.3) is 11.0 Å². The number of imidazole rings is 1. The zero-order valence-corrected chi connectivity index (χ0v) is 14.3. The number of aromatic amines is 1. The molecule has 1 aromatic carbocycles. The Morgan fingerprint density at radius 1 is 1.36 bits per heavy atom. The van der Waals surface area contributed by atoms with E-state index in [1.807, 2.05) is 6.07 Å². The Balaban J connectivity index is 1.65. The summed E-state index contributed by atoms with van der Waals surface area (Å²) in [4.78, 5) is 33.0. The molecule has 3 heterocycles. The monoisotopic (exact) mass is 363 g/mol. The van der Waals surface area contributed by atoms with Crippen LogP contribution >= 0.6 is 0 Å². The highest BCUT2D eigenvalue weighted by Gasteiger charge is 2.65. The van der Waals surface area contributed by atoms with E-state index in [1.165, 1.54) is 4.90 Å². The Bertz CT molecular complexity index is 1000. The van der Waals surface area contributed by atoms with Gasteiger partial charge in [0.25, 0.3) is 5.91 Å². The molecule has 2 N–H and O–H groups in total. The third-order valence-electron chi connectivity index (χ3n) is 5.29. The smallest absolute Gasteiger partial charge is 0.308 e. The zero-order chi connectivity index (χ0) is 18.0. The highest BCUT2D eigenvalue weighted by Crippen LogP contribution is 2.45. The Kier molecular flexibility index (Phi) is 3.24. The quantitative estimate of drug-likeness (QED) is 0.805. The van der Waals surface area contributed by atoms with E-state index in [2.05, 4.69) is 9.97 Å². The van der Waals surface area contributed by atoms with Crippen molar-refractivity contribution in [2.45, 2.75) is 18.1 Å². The number of carbonyl (C=O) groups excluding carboxylic acids is 1. The molecule has 0 aliphatic carbocycles. The van der Waals surface area contributed by atoms with Gasteiger partial charge < -0.3 is 15.0 Å². The molecule has 0 saturated carbocycles. The Labute approximate surface area is 143 Å². The van der Waals surface area contributed by atoms with E-state index in [0.717, 1.165) is 5.52 Å². The molecule has 2 aromatic rings. The summed E-state index contributed by atoms with van der Waals surface area (Å²) in [7, 11) is -3.53. The molecule has 8 nitrogen and oxygen atoms in total. The van der Waals surface area contributed by atoms with Crippen molar-refractivity contribution in [3.8, 4) is 0 Å². The van der Waals surface area contributed by atoms with E-state index in [1.54, 1.807) is 19.1 Å². The predicted octanol–water partition coefficient (Wildman–Crippen LogP) is 0.585. The van der Waals surface area contributed by atoms with Gasteiger partial charge in [0, 0.05) is 13.1 Å². The summed E-state index contributed by atoms with van der Waals surface area (Å²) in [6.07, 6.45) is 0.105. The number of nitrogens with zero attached hydrogens (tertiary/aromatic N) is 2. The number of carbonyl (C=O) groups is 2. The van der Waals surface area contributed by atoms with E-state index in [9.17, 15) is 23.1 Å². The van der Waals surface area contributed by atoms with Crippen molar-refractivity contribution in [1.29, 1.82) is 0 Å². The number of sulfone groups is 1. The summed E-state index contributed by atoms with van der Waals surface area (Å²) in [5.41, 5.74) is 1.66. The van der Waals surface area contributed by atoms with Crippen molar-refractivity contribution in [2.24, 2.45) is 5.92 Å². The number of benzene rings is 1. The summed E-state index contributed by atoms with van der Waals surface area (Å²) >= 11 is 0. The van der Waals surface area contributed by atoms with Crippen LogP contribution < -0.4 is 0 Å². The lowest BCUT2D eigenvalue weighted by molar-refractivity contribution is -0.144. The van der Waals surface area contributed by atoms with E-state index in [0.29, 0.717) is 16.9 Å². The van der Waals surface area contributed by atoms with Gasteiger partial charge in [-0.1, -0.05) is 6.07 Å². The van der Waals surface area contributed by atoms with Gasteiger partial charge in [-0.2, -0.15) is 0 Å². The first-order valence-electron chi connectivity index (χ1n) is 7.95. The van der Waals surface area contributed by atoms with E-state index in [4.69, 9.17) is 0 Å². The van der Waals surface area contributed by atoms with Crippen LogP contribution in [0.5, 0.6) is 0 Å². The topological polar surface area (TPSA) is 120 Å². The Morgan fingerprint density at radius 3 is 2.76 bits per heavy atom. The highest BCUT2D eigenvalue weighted by molar-refractivity contribution is 7.93. The van der Waals surface area contributed by atoms with Gasteiger partial charge in [0.1, 0.15) is 16.1 Å². The number of rotatable bonds is 2. The third-order valence-corrected chi connectivity index (χ3v) is 7.85. The van der Waals surface area contributed by atoms with Crippen LogP contribution in [0, 0.1) is 12.8 Å². The maximum absolute atomic E-state index is 12.8. The number of hydrogen-bond donors (Lipinski definition) is 2. The number of para-hydroxylation sites is 1. The second-order valence-corrected chi connectivity index (χ2v) is 9.20. The summed E-state index contributed by atoms with van der Waals surface area (Å²) in [5, 5.41) is 9.35. The SMILES string of the molecule is Cc1nc2c(C(=O)N3CC4(C3)C(C(=O)O)CCS4(=O)=O)cccc2[nH]1. The lowest BCUT2D eigenvalue weighted by atomic mass is 9.83. The van der Waals surface area contributed by atoms with Crippen LogP contribution in [-0.2, 0) is 14.6 Å². The zero-order valence-electron chi connectivity index (χ0n) is 13.5. The number of carboxylic acid groups (broad SMARTS) is 1. The largest absolute Gasteiger partial charge is 0.481 e. The number of aliphatic carboxylic acids is 1. The molecular weight excluding hydrogens is 346 g/mol. The number of hydrogen-bond acceptors (Lipinski definition) is 5. The average Bonchev–Trinajstić information content (AvgIpc) is 3.00. The molecule has 1 amide bonds. The van der Waals surface area contributed by atoms with Crippen LogP contribution in [0.1, 0.15) is 22.6 Å². The number of H-pyrrole nitrogens is 1. The standard InChI is InChI=1S/C16H17N3O5S/c1-9-17-12-4-2-3-10(13(12)18-9)14(20)19-7-16(8-19)11(15(21)22)5-6-25(16,23)24/h2-4,11H,5-8H2,1H3,(H,17,18)(H,21,22). The molecule has 2 fully saturated rings. The maximum atomic E-state index is 12.8. The van der Waals surface area contributed by atoms with Gasteiger partial charge in [0.2, 0.25) is 0 Å². The molecule has 132 valence electrons. The predicted molar refractivity (Wildman–Crippen MR) is 89.0 cm³/mol. The number of likely N-dealkylation sites (tertiary alicyclic amines) is 1. The average molecular weight is 363 g/mol. The van der Waals surface area contributed by atoms with Gasteiger partial charge in [-0.15, -0.1) is 0 Å². The number of fused-ring (bicyclic) bond motifs is 1. The lowest BCUT2D eigenvalue weighted by Gasteiger charge is -2.48. The minimum absolute atomic E-state index is 0.0784. The first kappa shape index (κ1) is 16.1. The fourth-order valence-corrected chi connectivity index (χ4v) is 6.27. The van der Waals surface area contributed by atoms with Gasteiger partial charge in [-0.05, 0) is 25.5 Å². The molecule has 0 bridgehead atoms. The minimum atomic E-state index is -3.53. The van der Waals surface area contributed by atoms with Gasteiger partial charge in [-0.3, -0.25) is 9.59 Å². The molecule has 2 aliphatic rings. The molecule has 0 radical (unpaired) electrons. The molecule has 1 atom stereocenters. The molecule has 25 heavy (non-hydrogen) atoms. The van der Waals surface area contributed by atoms with Gasteiger partial charge in [0.15, 0.2) is 9.84 Å². The maximum Gasteiger partial charge on any atom is 0.308 e. The second-order valence-electron chi connectivity index (χ2n) is 6.75. The normalized spacial score (nSPS) is 23.7. The lowest BCUT2D eigenvalue weighted by Crippen LogP contribution is -2.69. The number of aryl methyl sites for hydroxylation is 1. The van der Waals surface area contributed by atoms with Crippen molar-refractivity contribution < 1.29 is 23.1 Å². The molecule has 1 aromatic heterocycles. The van der Waals surface area contributed by atoms with Crippen LogP contribution in [0.2, 0.25) is 0 Å². The summed E-state index contributed by atoms with van der Waals surface area (Å²) in [5.74, 6) is -1.85. The highest BCUT2D eigenvalue weighted by atomic mass is 32.2. The molecule has 9 heteroatoms. The van der Waals surface area contributed by atoms with Crippen molar-refractivity contribution in [3.63, 3.8) is 0 Å². The van der Waals surface area contributed by atoms with Crippen molar-refractivity contribution >= 4 is 32.7 Å². The fraction of sp³-hybridized carbons (Fsp3) is 0.438. The van der Waals surface area contributed by atoms with Crippen molar-refractivity contribution in [3.05, 3.63) is 29.6 Å². The molecule has 4 rings (SSSR count). The summed E-state index contributed by atoms with van der Waals surface area (Å²) in [6, 6.07) is 5.19. The number of aromatic nitrogens is 2. The number of nitrogens with one attached hydrogen (secondary N) is 1. The van der Waals surface area contributed by atoms with Crippen molar-refractivity contribution in [2.75, 3.05) is 18.8 Å². The first-order valence-corrected chi connectivity index (χ1v) is 9.60. The molecule has 2 aliphatic heterocycles. The van der Waals surface area contributed by atoms with E-state index in [-0.39, 0.29) is 31.2 Å². The Morgan fingerprint density at radius 2 is 2.08 bits per heavy atom. The molecule has 1 unspecified atom stereocenters. The molecular formula is C16H17N3O5S. The van der Waals surface area contributed by atoms with Crippen LogP contribution in [0.4, 0.5) is 0 Å². The second kappa shape index (κ2) is 5.04. The number of amides is 1. The minimum Gasteiger partial charge on any atom is -0.481 e. The first-order chi connectivity index (χ1) is 11.7. The molecule has 1 spiro atoms. The van der Waals surface area contributed by atoms with Crippen LogP contribution in [-0.4, -0.2) is 63.9 Å². The van der Waals surface area contributed by atoms with Gasteiger partial charge in [-0.25, -0.2) is 13.4 Å². The third kappa shape index (κ3) is 2.11. The van der Waals surface area contributed by atoms with E-state index >= 15 is 0 Å². The number of carboxylic acids is 1. The summed E-state index contributed by atoms with van der Waals surface area (Å²) in [6.45, 7) is 1.63. The fourth-order valence-electron chi connectivity index (χ4n) is 3.96. The van der Waals surface area contributed by atoms with E-state index < -0.39 is 26.5 Å². The Hall–Kier alpha value is -2.42. The van der Waals surface area contributed by atoms with Gasteiger partial charge in [0.05, 0.1) is 22.8 Å². The van der Waals surface area contributed by atoms with Gasteiger partial charge >= 0.3 is 5.97 Å².